The number of carbonyl (C=O) groups is 1. The molecular formula is C19H18N8O2S. The molecule has 0 aliphatic rings. The Hall–Kier alpha value is -3.86. The molecule has 0 radical (unpaired) electrons. The number of rotatable bonds is 7. The fraction of sp³-hybridized carbons (Fsp3) is 0.158. The van der Waals surface area contributed by atoms with Crippen LogP contribution in [0.4, 0.5) is 5.82 Å². The molecule has 4 aromatic rings. The largest absolute Gasteiger partial charge is 0.370 e. The van der Waals surface area contributed by atoms with Crippen molar-refractivity contribution in [2.45, 2.75) is 13.5 Å². The van der Waals surface area contributed by atoms with E-state index in [4.69, 9.17) is 0 Å². The Bertz CT molecular complexity index is 1230. The third kappa shape index (κ3) is 4.25. The highest BCUT2D eigenvalue weighted by molar-refractivity contribution is 6.99. The van der Waals surface area contributed by atoms with Gasteiger partial charge in [0.1, 0.15) is 11.5 Å². The van der Waals surface area contributed by atoms with Crippen LogP contribution in [0, 0.1) is 0 Å². The Labute approximate surface area is 175 Å². The summed E-state index contributed by atoms with van der Waals surface area (Å²) in [6, 6.07) is 11.3. The molecule has 0 atom stereocenters. The number of nitrogens with one attached hydrogen (secondary N) is 3. The molecule has 0 saturated carbocycles. The second-order valence-corrected chi connectivity index (χ2v) is 6.89. The molecule has 11 heteroatoms. The Morgan fingerprint density at radius 3 is 2.97 bits per heavy atom. The van der Waals surface area contributed by atoms with E-state index in [1.165, 1.54) is 0 Å². The molecule has 152 valence electrons. The maximum atomic E-state index is 12.1. The number of hydrogen-bond acceptors (Lipinski definition) is 8. The monoisotopic (exact) mass is 422 g/mol. The highest BCUT2D eigenvalue weighted by Crippen LogP contribution is 2.20. The quantitative estimate of drug-likeness (QED) is 0.414. The van der Waals surface area contributed by atoms with E-state index in [0.717, 1.165) is 46.6 Å². The molecule has 1 aromatic carbocycles. The van der Waals surface area contributed by atoms with Crippen molar-refractivity contribution in [2.75, 3.05) is 11.9 Å². The van der Waals surface area contributed by atoms with Crippen molar-refractivity contribution in [2.24, 2.45) is 0 Å². The Morgan fingerprint density at radius 2 is 2.17 bits per heavy atom. The number of anilines is 1. The predicted octanol–water partition coefficient (Wildman–Crippen LogP) is 1.84. The molecule has 0 aliphatic heterocycles. The first-order valence-corrected chi connectivity index (χ1v) is 9.96. The molecule has 3 N–H and O–H groups in total. The van der Waals surface area contributed by atoms with Crippen molar-refractivity contribution in [3.8, 4) is 16.9 Å². The van der Waals surface area contributed by atoms with E-state index in [9.17, 15) is 9.59 Å². The van der Waals surface area contributed by atoms with Crippen LogP contribution in [0.15, 0.2) is 53.6 Å². The topological polar surface area (TPSA) is 130 Å². The summed E-state index contributed by atoms with van der Waals surface area (Å²) in [4.78, 5) is 27.8. The summed E-state index contributed by atoms with van der Waals surface area (Å²) < 4.78 is 7.83. The molecule has 4 rings (SSSR count). The summed E-state index contributed by atoms with van der Waals surface area (Å²) >= 11 is 0.845. The second-order valence-electron chi connectivity index (χ2n) is 6.32. The van der Waals surface area contributed by atoms with E-state index in [0.29, 0.717) is 0 Å². The van der Waals surface area contributed by atoms with Crippen LogP contribution < -0.4 is 16.2 Å². The smallest absolute Gasteiger partial charge is 0.291 e. The van der Waals surface area contributed by atoms with E-state index < -0.39 is 11.5 Å². The molecule has 0 spiro atoms. The van der Waals surface area contributed by atoms with Gasteiger partial charge in [-0.05, 0) is 36.8 Å². The summed E-state index contributed by atoms with van der Waals surface area (Å²) in [5, 5.41) is 14.3. The SMILES string of the molecule is CCNc1cc(-c2cn(-c3cccc(CNC(=O)c4ns[nH]c4=O)c3)nn2)ccn1. The molecule has 0 bridgehead atoms. The second kappa shape index (κ2) is 8.66. The lowest BCUT2D eigenvalue weighted by Crippen LogP contribution is -2.27. The third-order valence-corrected chi connectivity index (χ3v) is 4.79. The minimum absolute atomic E-state index is 0.133. The van der Waals surface area contributed by atoms with Gasteiger partial charge >= 0.3 is 0 Å². The summed E-state index contributed by atoms with van der Waals surface area (Å²) in [6.07, 6.45) is 3.56. The summed E-state index contributed by atoms with van der Waals surface area (Å²) in [5.41, 5.74) is 2.65. The number of nitrogens with zero attached hydrogens (tertiary/aromatic N) is 5. The lowest BCUT2D eigenvalue weighted by Gasteiger charge is -2.06. The number of benzene rings is 1. The van der Waals surface area contributed by atoms with Crippen LogP contribution in [0.25, 0.3) is 16.9 Å². The minimum Gasteiger partial charge on any atom is -0.370 e. The van der Waals surface area contributed by atoms with Gasteiger partial charge in [0, 0.05) is 36.6 Å². The van der Waals surface area contributed by atoms with Gasteiger partial charge in [-0.2, -0.15) is 4.37 Å². The first-order chi connectivity index (χ1) is 14.6. The fourth-order valence-corrected chi connectivity index (χ4v) is 3.29. The van der Waals surface area contributed by atoms with Crippen LogP contribution in [-0.4, -0.2) is 41.2 Å². The van der Waals surface area contributed by atoms with Crippen molar-refractivity contribution in [3.05, 3.63) is 70.4 Å². The van der Waals surface area contributed by atoms with Crippen LogP contribution in [0.2, 0.25) is 0 Å². The van der Waals surface area contributed by atoms with Crippen LogP contribution in [0.5, 0.6) is 0 Å². The molecule has 3 heterocycles. The van der Waals surface area contributed by atoms with E-state index in [1.54, 1.807) is 10.9 Å². The first kappa shape index (κ1) is 19.5. The lowest BCUT2D eigenvalue weighted by molar-refractivity contribution is 0.0945. The van der Waals surface area contributed by atoms with Crippen molar-refractivity contribution in [1.82, 2.24) is 34.0 Å². The number of aromatic amines is 1. The maximum absolute atomic E-state index is 12.1. The molecule has 3 aromatic heterocycles. The average Bonchev–Trinajstić information content (AvgIpc) is 3.42. The van der Waals surface area contributed by atoms with E-state index in [2.05, 4.69) is 34.7 Å². The number of hydrogen-bond donors (Lipinski definition) is 3. The van der Waals surface area contributed by atoms with Gasteiger partial charge in [-0.15, -0.1) is 5.10 Å². The van der Waals surface area contributed by atoms with E-state index in [-0.39, 0.29) is 12.2 Å². The Morgan fingerprint density at radius 1 is 1.27 bits per heavy atom. The average molecular weight is 422 g/mol. The number of amides is 1. The zero-order valence-corrected chi connectivity index (χ0v) is 16.8. The number of pyridine rings is 1. The number of H-pyrrole nitrogens is 1. The molecular weight excluding hydrogens is 404 g/mol. The molecule has 1 amide bonds. The van der Waals surface area contributed by atoms with Crippen molar-refractivity contribution in [1.29, 1.82) is 0 Å². The predicted molar refractivity (Wildman–Crippen MR) is 113 cm³/mol. The normalized spacial score (nSPS) is 10.7. The van der Waals surface area contributed by atoms with Gasteiger partial charge in [0.05, 0.1) is 11.9 Å². The molecule has 0 saturated heterocycles. The van der Waals surface area contributed by atoms with Gasteiger partial charge in [-0.25, -0.2) is 9.67 Å². The molecule has 30 heavy (non-hydrogen) atoms. The summed E-state index contributed by atoms with van der Waals surface area (Å²) in [5.74, 6) is 0.265. The van der Waals surface area contributed by atoms with Gasteiger partial charge in [0.25, 0.3) is 11.5 Å². The van der Waals surface area contributed by atoms with Gasteiger partial charge in [0.2, 0.25) is 5.69 Å². The molecule has 10 nitrogen and oxygen atoms in total. The highest BCUT2D eigenvalue weighted by atomic mass is 32.1. The van der Waals surface area contributed by atoms with Gasteiger partial charge < -0.3 is 10.6 Å². The minimum atomic E-state index is -0.514. The van der Waals surface area contributed by atoms with Crippen LogP contribution in [0.3, 0.4) is 0 Å². The van der Waals surface area contributed by atoms with Gasteiger partial charge in [-0.1, -0.05) is 17.3 Å². The van der Waals surface area contributed by atoms with Crippen LogP contribution in [0.1, 0.15) is 23.0 Å². The number of carbonyl (C=O) groups excluding carboxylic acids is 1. The van der Waals surface area contributed by atoms with Crippen molar-refractivity contribution < 1.29 is 4.79 Å². The zero-order chi connectivity index (χ0) is 20.9. The Balaban J connectivity index is 1.49. The molecule has 0 unspecified atom stereocenters. The maximum Gasteiger partial charge on any atom is 0.291 e. The van der Waals surface area contributed by atoms with Crippen LogP contribution >= 0.6 is 11.7 Å². The van der Waals surface area contributed by atoms with E-state index in [1.807, 2.05) is 49.5 Å². The van der Waals surface area contributed by atoms with Crippen molar-refractivity contribution in [3.63, 3.8) is 0 Å². The number of aromatic nitrogens is 6. The highest BCUT2D eigenvalue weighted by Gasteiger charge is 2.13. The molecule has 0 fully saturated rings. The fourth-order valence-electron chi connectivity index (χ4n) is 2.81. The molecule has 0 aliphatic carbocycles. The third-order valence-electron chi connectivity index (χ3n) is 4.24. The lowest BCUT2D eigenvalue weighted by atomic mass is 10.2. The van der Waals surface area contributed by atoms with Crippen molar-refractivity contribution >= 4 is 23.5 Å². The zero-order valence-electron chi connectivity index (χ0n) is 16.0. The first-order valence-electron chi connectivity index (χ1n) is 9.18. The summed E-state index contributed by atoms with van der Waals surface area (Å²) in [7, 11) is 0. The van der Waals surface area contributed by atoms with Crippen LogP contribution in [-0.2, 0) is 6.54 Å². The Kier molecular flexibility index (Phi) is 5.61. The standard InChI is InChI=1S/C19H18N8O2S/c1-2-20-16-9-13(6-7-21-16)15-11-27(26-23-15)14-5-3-4-12(8-14)10-22-18(28)17-19(29)25-30-24-17/h3-9,11H,2,10H2,1H3,(H,20,21)(H,22,28)(H,25,29). The summed E-state index contributed by atoms with van der Waals surface area (Å²) in [6.45, 7) is 3.04. The van der Waals surface area contributed by atoms with Gasteiger partial charge in [0.15, 0.2) is 0 Å². The van der Waals surface area contributed by atoms with Gasteiger partial charge in [-0.3, -0.25) is 14.0 Å². The van der Waals surface area contributed by atoms with E-state index >= 15 is 0 Å².